The molecule has 0 saturated carbocycles. The maximum absolute atomic E-state index is 14.9. The Hall–Kier alpha value is -3.71. The van der Waals surface area contributed by atoms with Crippen molar-refractivity contribution in [2.24, 2.45) is 0 Å². The molecule has 8 nitrogen and oxygen atoms in total. The summed E-state index contributed by atoms with van der Waals surface area (Å²) in [5.41, 5.74) is -2.91. The van der Waals surface area contributed by atoms with Crippen molar-refractivity contribution in [2.75, 3.05) is 26.2 Å². The lowest BCUT2D eigenvalue weighted by atomic mass is 9.71. The number of carbonyl (C=O) groups is 1. The first-order chi connectivity index (χ1) is 24.2. The largest absolute Gasteiger partial charge is 0.475 e. The van der Waals surface area contributed by atoms with Gasteiger partial charge in [0.25, 0.3) is 5.91 Å². The van der Waals surface area contributed by atoms with Gasteiger partial charge >= 0.3 is 12.4 Å². The number of aliphatic hydroxyl groups excluding tert-OH is 2. The summed E-state index contributed by atoms with van der Waals surface area (Å²) in [5.74, 6) is -0.789. The van der Waals surface area contributed by atoms with Gasteiger partial charge in [-0.1, -0.05) is 37.6 Å². The van der Waals surface area contributed by atoms with Gasteiger partial charge in [0.05, 0.1) is 28.8 Å². The van der Waals surface area contributed by atoms with Crippen LogP contribution in [0.15, 0.2) is 54.0 Å². The summed E-state index contributed by atoms with van der Waals surface area (Å²) in [6, 6.07) is 11.6. The number of hydrogen-bond acceptors (Lipinski definition) is 8. The van der Waals surface area contributed by atoms with Crippen molar-refractivity contribution in [1.29, 1.82) is 5.26 Å². The van der Waals surface area contributed by atoms with E-state index in [0.717, 1.165) is 40.9 Å². The minimum atomic E-state index is -4.84. The topological polar surface area (TPSA) is 110 Å². The molecule has 51 heavy (non-hydrogen) atoms. The third kappa shape index (κ3) is 7.89. The van der Waals surface area contributed by atoms with Gasteiger partial charge in [-0.15, -0.1) is 11.3 Å². The molecule has 0 aliphatic carbocycles. The van der Waals surface area contributed by atoms with Crippen LogP contribution in [0.1, 0.15) is 85.4 Å². The first kappa shape index (κ1) is 38.5. The summed E-state index contributed by atoms with van der Waals surface area (Å²) < 4.78 is 89.5. The van der Waals surface area contributed by atoms with E-state index in [-0.39, 0.29) is 64.1 Å². The van der Waals surface area contributed by atoms with E-state index in [2.05, 4.69) is 11.1 Å². The molecule has 3 aromatic rings. The highest BCUT2D eigenvalue weighted by Gasteiger charge is 2.57. The normalized spacial score (nSPS) is 22.0. The Labute approximate surface area is 296 Å². The van der Waals surface area contributed by atoms with Crippen molar-refractivity contribution < 1.29 is 46.1 Å². The highest BCUT2D eigenvalue weighted by atomic mass is 32.1. The van der Waals surface area contributed by atoms with E-state index in [1.165, 1.54) is 9.80 Å². The standard InChI is InChI=1S/C36H40F6N4O4S/c1-2-8-28-34(50-25-21-29(51-22-25)36(40,41)42,13-7-17-46(28)31(48)30-27(35(37,38)39)12-5-16-44-30)32(49)45-18-14-33(23-43,15-19-45)26-11-4-3-9-24(26)10-6-20-47/h3-5,9,11-12,16,21-22,28,31,47-48H,2,6-8,10,13-15,17-20H2,1H3/t28-,31?,34+/m1/s1. The average molecular weight is 739 g/mol. The molecule has 276 valence electrons. The average Bonchev–Trinajstić information content (AvgIpc) is 3.60. The Balaban J connectivity index is 1.53. The van der Waals surface area contributed by atoms with Crippen LogP contribution in [0.4, 0.5) is 26.3 Å². The number of piperidine rings is 2. The van der Waals surface area contributed by atoms with Crippen LogP contribution in [0.2, 0.25) is 0 Å². The van der Waals surface area contributed by atoms with Gasteiger partial charge in [0.1, 0.15) is 10.6 Å². The fourth-order valence-electron chi connectivity index (χ4n) is 7.52. The summed E-state index contributed by atoms with van der Waals surface area (Å²) in [6.45, 7) is 2.04. The monoisotopic (exact) mass is 738 g/mol. The molecule has 1 aromatic carbocycles. The Bertz CT molecular complexity index is 1700. The summed E-state index contributed by atoms with van der Waals surface area (Å²) in [6.07, 6.45) is -8.00. The van der Waals surface area contributed by atoms with E-state index in [1.807, 2.05) is 24.3 Å². The van der Waals surface area contributed by atoms with Crippen LogP contribution < -0.4 is 4.74 Å². The minimum absolute atomic E-state index is 0.0185. The van der Waals surface area contributed by atoms with Crippen molar-refractivity contribution in [1.82, 2.24) is 14.8 Å². The highest BCUT2D eigenvalue weighted by Crippen LogP contribution is 2.45. The quantitative estimate of drug-likeness (QED) is 0.199. The fourth-order valence-corrected chi connectivity index (χ4v) is 8.20. The van der Waals surface area contributed by atoms with Crippen molar-refractivity contribution in [3.63, 3.8) is 0 Å². The molecule has 0 spiro atoms. The number of thiophene rings is 1. The number of ether oxygens (including phenoxy) is 1. The molecule has 1 unspecified atom stereocenters. The Morgan fingerprint density at radius 2 is 1.82 bits per heavy atom. The third-order valence-corrected chi connectivity index (χ3v) is 10.9. The lowest BCUT2D eigenvalue weighted by molar-refractivity contribution is -0.175. The van der Waals surface area contributed by atoms with Crippen LogP contribution in [0.25, 0.3) is 0 Å². The number of pyridine rings is 1. The molecule has 1 amide bonds. The van der Waals surface area contributed by atoms with Crippen molar-refractivity contribution in [3.05, 3.63) is 81.3 Å². The molecule has 0 radical (unpaired) electrons. The van der Waals surface area contributed by atoms with Gasteiger partial charge in [-0.25, -0.2) is 0 Å². The number of aromatic nitrogens is 1. The third-order valence-electron chi connectivity index (χ3n) is 9.94. The van der Waals surface area contributed by atoms with E-state index < -0.39 is 57.7 Å². The van der Waals surface area contributed by atoms with Crippen molar-refractivity contribution in [2.45, 2.75) is 93.9 Å². The second-order valence-corrected chi connectivity index (χ2v) is 14.0. The van der Waals surface area contributed by atoms with Gasteiger partial charge in [0, 0.05) is 43.9 Å². The number of nitrogens with zero attached hydrogens (tertiary/aromatic N) is 4. The number of carbonyl (C=O) groups excluding carboxylic acids is 1. The van der Waals surface area contributed by atoms with Crippen LogP contribution in [0.3, 0.4) is 0 Å². The van der Waals surface area contributed by atoms with Crippen LogP contribution in [-0.4, -0.2) is 68.8 Å². The number of aliphatic hydroxyl groups is 2. The van der Waals surface area contributed by atoms with Crippen molar-refractivity contribution in [3.8, 4) is 11.8 Å². The zero-order valence-corrected chi connectivity index (χ0v) is 28.8. The molecule has 2 aromatic heterocycles. The van der Waals surface area contributed by atoms with Crippen molar-refractivity contribution >= 4 is 17.2 Å². The van der Waals surface area contributed by atoms with Crippen LogP contribution >= 0.6 is 11.3 Å². The molecule has 2 N–H and O–H groups in total. The van der Waals surface area contributed by atoms with Gasteiger partial charge in [0.2, 0.25) is 5.60 Å². The van der Waals surface area contributed by atoms with Crippen LogP contribution in [0, 0.1) is 11.3 Å². The maximum Gasteiger partial charge on any atom is 0.425 e. The zero-order chi connectivity index (χ0) is 37.0. The lowest BCUT2D eigenvalue weighted by Gasteiger charge is -2.52. The van der Waals surface area contributed by atoms with Gasteiger partial charge in [-0.2, -0.15) is 31.6 Å². The predicted octanol–water partition coefficient (Wildman–Crippen LogP) is 7.26. The summed E-state index contributed by atoms with van der Waals surface area (Å²) in [4.78, 5) is 20.7. The lowest BCUT2D eigenvalue weighted by Crippen LogP contribution is -2.68. The first-order valence-corrected chi connectivity index (χ1v) is 17.8. The molecule has 2 saturated heterocycles. The number of amides is 1. The molecule has 0 bridgehead atoms. The number of likely N-dealkylation sites (tertiary alicyclic amines) is 2. The predicted molar refractivity (Wildman–Crippen MR) is 176 cm³/mol. The van der Waals surface area contributed by atoms with E-state index in [9.17, 15) is 46.6 Å². The smallest absolute Gasteiger partial charge is 0.425 e. The zero-order valence-electron chi connectivity index (χ0n) is 28.0. The van der Waals surface area contributed by atoms with E-state index in [1.54, 1.807) is 6.92 Å². The summed E-state index contributed by atoms with van der Waals surface area (Å²) >= 11 is 0.397. The number of aryl methyl sites for hydroxylation is 1. The molecular weight excluding hydrogens is 698 g/mol. The molecule has 3 atom stereocenters. The number of benzene rings is 1. The molecule has 2 aliphatic heterocycles. The number of hydrogen-bond donors (Lipinski definition) is 2. The van der Waals surface area contributed by atoms with E-state index in [4.69, 9.17) is 4.74 Å². The van der Waals surface area contributed by atoms with Gasteiger partial charge in [-0.3, -0.25) is 14.7 Å². The first-order valence-electron chi connectivity index (χ1n) is 16.9. The molecule has 15 heteroatoms. The summed E-state index contributed by atoms with van der Waals surface area (Å²) in [7, 11) is 0. The Kier molecular flexibility index (Phi) is 11.7. The Morgan fingerprint density at radius 3 is 2.45 bits per heavy atom. The SMILES string of the molecule is CCC[C@H]1N(C(O)c2ncccc2C(F)(F)F)CCC[C@@]1(Oc1csc(C(F)(F)F)c1)C(=O)N1CCC(C#N)(c2ccccc2CCCO)CC1. The molecule has 5 rings (SSSR count). The van der Waals surface area contributed by atoms with Gasteiger partial charge < -0.3 is 19.8 Å². The Morgan fingerprint density at radius 1 is 1.10 bits per heavy atom. The number of halogens is 6. The highest BCUT2D eigenvalue weighted by molar-refractivity contribution is 7.10. The fraction of sp³-hybridized carbons (Fsp3) is 0.528. The van der Waals surface area contributed by atoms with E-state index in [0.29, 0.717) is 30.6 Å². The van der Waals surface area contributed by atoms with Gasteiger partial charge in [-0.05, 0) is 68.2 Å². The molecule has 2 fully saturated rings. The molecular formula is C36H40F6N4O4S. The second kappa shape index (κ2) is 15.5. The summed E-state index contributed by atoms with van der Waals surface area (Å²) in [5, 5.41) is 32.6. The number of rotatable bonds is 11. The minimum Gasteiger partial charge on any atom is -0.475 e. The number of nitriles is 1. The van der Waals surface area contributed by atoms with E-state index >= 15 is 0 Å². The molecule has 2 aliphatic rings. The second-order valence-electron chi connectivity index (χ2n) is 13.1. The van der Waals surface area contributed by atoms with Crippen LogP contribution in [-0.2, 0) is 29.0 Å². The molecule has 4 heterocycles. The maximum atomic E-state index is 14.9. The van der Waals surface area contributed by atoms with Crippen LogP contribution in [0.5, 0.6) is 5.75 Å². The number of alkyl halides is 6. The van der Waals surface area contributed by atoms with Gasteiger partial charge in [0.15, 0.2) is 6.23 Å².